The van der Waals surface area contributed by atoms with Crippen LogP contribution in [0.15, 0.2) is 24.5 Å². The summed E-state index contributed by atoms with van der Waals surface area (Å²) in [4.78, 5) is 4.51. The predicted octanol–water partition coefficient (Wildman–Crippen LogP) is 2.70. The lowest BCUT2D eigenvalue weighted by atomic mass is 10.2. The molecule has 20 heavy (non-hydrogen) atoms. The van der Waals surface area contributed by atoms with Crippen molar-refractivity contribution in [2.45, 2.75) is 52.2 Å². The monoisotopic (exact) mass is 275 g/mol. The Kier molecular flexibility index (Phi) is 5.56. The van der Waals surface area contributed by atoms with Crippen molar-refractivity contribution in [2.75, 3.05) is 6.61 Å². The van der Waals surface area contributed by atoms with Gasteiger partial charge in [0.05, 0.1) is 0 Å². The summed E-state index contributed by atoms with van der Waals surface area (Å²) in [5.74, 6) is 0. The molecule has 2 rings (SSSR count). The molecule has 0 fully saturated rings. The number of pyridine rings is 1. The molecular weight excluding hydrogens is 250 g/mol. The van der Waals surface area contributed by atoms with Crippen molar-refractivity contribution in [3.63, 3.8) is 0 Å². The fourth-order valence-electron chi connectivity index (χ4n) is 2.39. The van der Waals surface area contributed by atoms with Gasteiger partial charge in [-0.15, -0.1) is 0 Å². The number of unbranched alkanes of at least 4 members (excludes halogenated alkanes) is 2. The molecule has 0 radical (unpaired) electrons. The molecule has 0 aromatic carbocycles. The van der Waals surface area contributed by atoms with E-state index < -0.39 is 0 Å². The van der Waals surface area contributed by atoms with Crippen molar-refractivity contribution in [2.24, 2.45) is 0 Å². The van der Waals surface area contributed by atoms with E-state index in [1.165, 1.54) is 10.9 Å². The van der Waals surface area contributed by atoms with Crippen LogP contribution >= 0.6 is 0 Å². The summed E-state index contributed by atoms with van der Waals surface area (Å²) >= 11 is 0. The molecule has 4 heteroatoms. The molecule has 0 unspecified atom stereocenters. The van der Waals surface area contributed by atoms with Crippen LogP contribution in [0.2, 0.25) is 0 Å². The summed E-state index contributed by atoms with van der Waals surface area (Å²) in [6.45, 7) is 6.45. The molecule has 0 aliphatic heterocycles. The molecule has 0 saturated carbocycles. The number of aryl methyl sites for hydroxylation is 1. The Hall–Kier alpha value is -1.39. The topological polar surface area (TPSA) is 50.1 Å². The second-order valence-corrected chi connectivity index (χ2v) is 5.54. The third kappa shape index (κ3) is 3.81. The van der Waals surface area contributed by atoms with Crippen molar-refractivity contribution < 1.29 is 5.11 Å². The van der Waals surface area contributed by atoms with E-state index in [2.05, 4.69) is 41.0 Å². The zero-order valence-corrected chi connectivity index (χ0v) is 12.5. The normalized spacial score (nSPS) is 11.6. The van der Waals surface area contributed by atoms with Crippen LogP contribution in [0.3, 0.4) is 0 Å². The molecule has 2 heterocycles. The molecule has 0 amide bonds. The molecule has 2 aromatic rings. The van der Waals surface area contributed by atoms with Crippen molar-refractivity contribution in [1.82, 2.24) is 14.9 Å². The van der Waals surface area contributed by atoms with E-state index in [0.29, 0.717) is 6.04 Å². The maximum Gasteiger partial charge on any atom is 0.140 e. The van der Waals surface area contributed by atoms with Crippen molar-refractivity contribution in [3.05, 3.63) is 30.1 Å². The number of hydrogen-bond donors (Lipinski definition) is 2. The Morgan fingerprint density at radius 2 is 2.15 bits per heavy atom. The molecule has 0 atom stereocenters. The average Bonchev–Trinajstić information content (AvgIpc) is 2.80. The van der Waals surface area contributed by atoms with Gasteiger partial charge in [0.25, 0.3) is 0 Å². The van der Waals surface area contributed by atoms with Crippen LogP contribution in [0.25, 0.3) is 11.0 Å². The average molecular weight is 275 g/mol. The van der Waals surface area contributed by atoms with Crippen LogP contribution in [0.4, 0.5) is 0 Å². The lowest BCUT2D eigenvalue weighted by Gasteiger charge is -2.06. The van der Waals surface area contributed by atoms with E-state index in [-0.39, 0.29) is 6.61 Å². The zero-order chi connectivity index (χ0) is 14.4. The Morgan fingerprint density at radius 1 is 1.30 bits per heavy atom. The van der Waals surface area contributed by atoms with Crippen LogP contribution in [-0.4, -0.2) is 27.3 Å². The predicted molar refractivity (Wildman–Crippen MR) is 82.6 cm³/mol. The van der Waals surface area contributed by atoms with Crippen LogP contribution in [0, 0.1) is 0 Å². The minimum Gasteiger partial charge on any atom is -0.396 e. The zero-order valence-electron chi connectivity index (χ0n) is 12.5. The molecule has 0 bridgehead atoms. The van der Waals surface area contributed by atoms with Crippen LogP contribution in [0.1, 0.15) is 38.7 Å². The number of rotatable bonds is 8. The third-order valence-electron chi connectivity index (χ3n) is 3.47. The molecular formula is C16H25N3O. The fraction of sp³-hybridized carbons (Fsp3) is 0.562. The van der Waals surface area contributed by atoms with Gasteiger partial charge in [-0.05, 0) is 37.0 Å². The summed E-state index contributed by atoms with van der Waals surface area (Å²) in [6.07, 6.45) is 7.09. The van der Waals surface area contributed by atoms with Gasteiger partial charge in [-0.25, -0.2) is 4.98 Å². The van der Waals surface area contributed by atoms with Gasteiger partial charge in [-0.1, -0.05) is 13.8 Å². The lowest BCUT2D eigenvalue weighted by molar-refractivity contribution is 0.282. The number of aliphatic hydroxyl groups excluding tert-OH is 1. The first-order valence-electron chi connectivity index (χ1n) is 7.49. The summed E-state index contributed by atoms with van der Waals surface area (Å²) in [6, 6.07) is 4.62. The number of hydrogen-bond acceptors (Lipinski definition) is 3. The first-order valence-corrected chi connectivity index (χ1v) is 7.49. The van der Waals surface area contributed by atoms with E-state index in [4.69, 9.17) is 5.11 Å². The fourth-order valence-corrected chi connectivity index (χ4v) is 2.39. The SMILES string of the molecule is CC(C)NCc1cn(CCCCCO)c2ncccc12. The van der Waals surface area contributed by atoms with Crippen LogP contribution in [0.5, 0.6) is 0 Å². The standard InChI is InChI=1S/C16H25N3O/c1-13(2)18-11-14-12-19(9-4-3-5-10-20)16-15(14)7-6-8-17-16/h6-8,12-13,18,20H,3-5,9-11H2,1-2H3. The Balaban J connectivity index is 2.13. The Bertz CT molecular complexity index is 534. The highest BCUT2D eigenvalue weighted by molar-refractivity contribution is 5.80. The van der Waals surface area contributed by atoms with E-state index in [0.717, 1.165) is 38.0 Å². The summed E-state index contributed by atoms with van der Waals surface area (Å²) in [5, 5.41) is 13.5. The molecule has 4 nitrogen and oxygen atoms in total. The lowest BCUT2D eigenvalue weighted by Crippen LogP contribution is -2.21. The Morgan fingerprint density at radius 3 is 2.90 bits per heavy atom. The molecule has 110 valence electrons. The van der Waals surface area contributed by atoms with Gasteiger partial charge in [0.1, 0.15) is 5.65 Å². The number of aliphatic hydroxyl groups is 1. The van der Waals surface area contributed by atoms with Crippen LogP contribution < -0.4 is 5.32 Å². The van der Waals surface area contributed by atoms with Gasteiger partial charge in [0.15, 0.2) is 0 Å². The molecule has 2 aromatic heterocycles. The molecule has 0 aliphatic rings. The highest BCUT2D eigenvalue weighted by atomic mass is 16.2. The molecule has 2 N–H and O–H groups in total. The second kappa shape index (κ2) is 7.41. The van der Waals surface area contributed by atoms with Gasteiger partial charge in [0.2, 0.25) is 0 Å². The van der Waals surface area contributed by atoms with E-state index in [1.807, 2.05) is 12.3 Å². The van der Waals surface area contributed by atoms with E-state index in [1.54, 1.807) is 0 Å². The highest BCUT2D eigenvalue weighted by Gasteiger charge is 2.09. The van der Waals surface area contributed by atoms with E-state index >= 15 is 0 Å². The van der Waals surface area contributed by atoms with Crippen molar-refractivity contribution >= 4 is 11.0 Å². The van der Waals surface area contributed by atoms with Crippen LogP contribution in [-0.2, 0) is 13.1 Å². The molecule has 0 spiro atoms. The minimum absolute atomic E-state index is 0.286. The maximum atomic E-state index is 8.83. The van der Waals surface area contributed by atoms with E-state index in [9.17, 15) is 0 Å². The quantitative estimate of drug-likeness (QED) is 0.728. The maximum absolute atomic E-state index is 8.83. The summed E-state index contributed by atoms with van der Waals surface area (Å²) in [7, 11) is 0. The number of nitrogens with zero attached hydrogens (tertiary/aromatic N) is 2. The van der Waals surface area contributed by atoms with Gasteiger partial charge in [-0.2, -0.15) is 0 Å². The van der Waals surface area contributed by atoms with Crippen molar-refractivity contribution in [1.29, 1.82) is 0 Å². The minimum atomic E-state index is 0.286. The molecule has 0 saturated heterocycles. The van der Waals surface area contributed by atoms with Gasteiger partial charge >= 0.3 is 0 Å². The number of aromatic nitrogens is 2. The van der Waals surface area contributed by atoms with Gasteiger partial charge < -0.3 is 15.0 Å². The van der Waals surface area contributed by atoms with Gasteiger partial charge in [-0.3, -0.25) is 0 Å². The first-order chi connectivity index (χ1) is 9.72. The highest BCUT2D eigenvalue weighted by Crippen LogP contribution is 2.20. The number of fused-ring (bicyclic) bond motifs is 1. The van der Waals surface area contributed by atoms with Crippen molar-refractivity contribution in [3.8, 4) is 0 Å². The second-order valence-electron chi connectivity index (χ2n) is 5.54. The summed E-state index contributed by atoms with van der Waals surface area (Å²) < 4.78 is 2.24. The number of nitrogens with one attached hydrogen (secondary N) is 1. The largest absolute Gasteiger partial charge is 0.396 e. The smallest absolute Gasteiger partial charge is 0.140 e. The molecule has 0 aliphatic carbocycles. The third-order valence-corrected chi connectivity index (χ3v) is 3.47. The Labute approximate surface area is 120 Å². The van der Waals surface area contributed by atoms with Gasteiger partial charge in [0, 0.05) is 43.5 Å². The first kappa shape index (κ1) is 15.0. The summed E-state index contributed by atoms with van der Waals surface area (Å²) in [5.41, 5.74) is 2.38.